The van der Waals surface area contributed by atoms with Crippen LogP contribution in [0.5, 0.6) is 0 Å². The minimum absolute atomic E-state index is 0.921. The molecule has 0 unspecified atom stereocenters. The summed E-state index contributed by atoms with van der Waals surface area (Å²) in [7, 11) is 0. The van der Waals surface area contributed by atoms with E-state index in [0.717, 1.165) is 3.39 Å². The second-order valence-electron chi connectivity index (χ2n) is 0.399. The predicted octanol–water partition coefficient (Wildman–Crippen LogP) is 2.97. The summed E-state index contributed by atoms with van der Waals surface area (Å²) in [5.41, 5.74) is 0. The lowest BCUT2D eigenvalue weighted by Crippen LogP contribution is -1.29. The van der Waals surface area contributed by atoms with E-state index >= 15 is 0 Å². The van der Waals surface area contributed by atoms with Crippen LogP contribution < -0.4 is 0 Å². The lowest BCUT2D eigenvalue weighted by molar-refractivity contribution is 2.57. The molecule has 0 saturated heterocycles. The number of halogens is 3. The van der Waals surface area contributed by atoms with Gasteiger partial charge in [0.1, 0.15) is 0 Å². The average molecular weight is 265 g/mol. The normalized spacial score (nSPS) is 7.00. The van der Waals surface area contributed by atoms with E-state index in [1.165, 1.54) is 0 Å². The van der Waals surface area contributed by atoms with Gasteiger partial charge < -0.3 is 0 Å². The van der Waals surface area contributed by atoms with Crippen LogP contribution >= 0.6 is 47.8 Å². The van der Waals surface area contributed by atoms with Crippen molar-refractivity contribution < 1.29 is 0 Å². The maximum atomic E-state index is 3.10. The molecule has 0 aromatic rings. The van der Waals surface area contributed by atoms with Gasteiger partial charge in [0.05, 0.1) is 3.39 Å². The molecule has 0 heterocycles. The van der Waals surface area contributed by atoms with Crippen LogP contribution in [-0.2, 0) is 0 Å². The van der Waals surface area contributed by atoms with Crippen LogP contribution in [0, 0.1) is 0 Å². The van der Waals surface area contributed by atoms with Gasteiger partial charge in [-0.25, -0.2) is 0 Å². The monoisotopic (exact) mass is 262 g/mol. The molecule has 0 N–H and O–H groups in total. The summed E-state index contributed by atoms with van der Waals surface area (Å²) in [4.78, 5) is 1.73. The van der Waals surface area contributed by atoms with Crippen LogP contribution in [0.4, 0.5) is 0 Å². The molecule has 0 bridgehead atoms. The molecule has 0 aliphatic heterocycles. The molecular formula is C2HBr3. The zero-order valence-corrected chi connectivity index (χ0v) is 6.97. The van der Waals surface area contributed by atoms with Crippen LogP contribution in [0.15, 0.2) is 8.38 Å². The Hall–Kier alpha value is 1.18. The minimum atomic E-state index is 0.921. The lowest BCUT2D eigenvalue weighted by Gasteiger charge is -1.66. The first-order valence-electron chi connectivity index (χ1n) is 0.885. The van der Waals surface area contributed by atoms with Gasteiger partial charge in [-0.2, -0.15) is 0 Å². The van der Waals surface area contributed by atoms with Crippen LogP contribution in [0.3, 0.4) is 0 Å². The summed E-state index contributed by atoms with van der Waals surface area (Å²) in [5.74, 6) is 0. The Morgan fingerprint density at radius 3 is 1.60 bits per heavy atom. The Bertz CT molecular complexity index is 42.9. The molecule has 0 aliphatic rings. The van der Waals surface area contributed by atoms with E-state index in [1.807, 2.05) is 0 Å². The molecule has 0 radical (unpaired) electrons. The molecule has 0 spiro atoms. The van der Waals surface area contributed by atoms with E-state index < -0.39 is 0 Å². The van der Waals surface area contributed by atoms with Crippen molar-refractivity contribution in [2.45, 2.75) is 0 Å². The predicted molar refractivity (Wildman–Crippen MR) is 34.9 cm³/mol. The Labute approximate surface area is 56.0 Å². The second-order valence-corrected chi connectivity index (χ2v) is 3.63. The molecule has 0 rings (SSSR count). The Morgan fingerprint density at radius 2 is 1.60 bits per heavy atom. The van der Waals surface area contributed by atoms with Crippen molar-refractivity contribution in [3.63, 3.8) is 0 Å². The van der Waals surface area contributed by atoms with Crippen molar-refractivity contribution in [2.24, 2.45) is 0 Å². The van der Waals surface area contributed by atoms with Crippen molar-refractivity contribution in [1.82, 2.24) is 0 Å². The van der Waals surface area contributed by atoms with E-state index in [1.54, 1.807) is 4.99 Å². The van der Waals surface area contributed by atoms with E-state index in [-0.39, 0.29) is 0 Å². The summed E-state index contributed by atoms with van der Waals surface area (Å²) in [6, 6.07) is 0. The third-order valence-corrected chi connectivity index (χ3v) is 2.23. The highest BCUT2D eigenvalue weighted by molar-refractivity contribution is 9.29. The first-order valence-corrected chi connectivity index (χ1v) is 3.39. The first-order chi connectivity index (χ1) is 2.27. The Morgan fingerprint density at radius 1 is 1.40 bits per heavy atom. The molecule has 0 atom stereocenters. The SMILES string of the molecule is BrC=C(Br)Br. The fourth-order valence-electron chi connectivity index (χ4n) is 0. The highest BCUT2D eigenvalue weighted by Crippen LogP contribution is 2.13. The van der Waals surface area contributed by atoms with Crippen LogP contribution in [0.1, 0.15) is 0 Å². The highest BCUT2D eigenvalue weighted by atomic mass is 79.9. The van der Waals surface area contributed by atoms with E-state index in [9.17, 15) is 0 Å². The second kappa shape index (κ2) is 3.37. The topological polar surface area (TPSA) is 0 Å². The first kappa shape index (κ1) is 6.18. The molecule has 0 fully saturated rings. The van der Waals surface area contributed by atoms with Crippen molar-refractivity contribution >= 4 is 47.8 Å². The maximum Gasteiger partial charge on any atom is 0.0673 e. The van der Waals surface area contributed by atoms with Crippen molar-refractivity contribution in [3.8, 4) is 0 Å². The molecule has 0 aromatic heterocycles. The van der Waals surface area contributed by atoms with Gasteiger partial charge in [-0.15, -0.1) is 0 Å². The molecule has 0 amide bonds. The Kier molecular flexibility index (Phi) is 4.17. The standard InChI is InChI=1S/C2HBr3/c3-1-2(4)5/h1H. The highest BCUT2D eigenvalue weighted by Gasteiger charge is 1.68. The third kappa shape index (κ3) is 5.18. The Balaban J connectivity index is 3.14. The quantitative estimate of drug-likeness (QED) is 0.631. The van der Waals surface area contributed by atoms with E-state index in [2.05, 4.69) is 47.8 Å². The molecule has 0 aliphatic carbocycles. The van der Waals surface area contributed by atoms with Gasteiger partial charge in [0, 0.05) is 4.99 Å². The van der Waals surface area contributed by atoms with Gasteiger partial charge in [0.15, 0.2) is 0 Å². The molecule has 30 valence electrons. The molecular weight excluding hydrogens is 264 g/mol. The fraction of sp³-hybridized carbons (Fsp3) is 0. The zero-order chi connectivity index (χ0) is 4.28. The number of hydrogen-bond donors (Lipinski definition) is 0. The molecule has 0 nitrogen and oxygen atoms in total. The van der Waals surface area contributed by atoms with E-state index in [0.29, 0.717) is 0 Å². The molecule has 3 heteroatoms. The summed E-state index contributed by atoms with van der Waals surface area (Å²) >= 11 is 9.27. The van der Waals surface area contributed by atoms with Gasteiger partial charge in [-0.3, -0.25) is 0 Å². The van der Waals surface area contributed by atoms with Crippen LogP contribution in [-0.4, -0.2) is 0 Å². The molecule has 5 heavy (non-hydrogen) atoms. The summed E-state index contributed by atoms with van der Waals surface area (Å²) in [6.07, 6.45) is 0. The number of hydrogen-bond acceptors (Lipinski definition) is 0. The largest absolute Gasteiger partial charge is 0.0673 e. The lowest BCUT2D eigenvalue weighted by atomic mass is 11.3. The summed E-state index contributed by atoms with van der Waals surface area (Å²) in [6.45, 7) is 0. The van der Waals surface area contributed by atoms with Gasteiger partial charge in [-0.1, -0.05) is 15.9 Å². The van der Waals surface area contributed by atoms with Gasteiger partial charge in [0.2, 0.25) is 0 Å². The van der Waals surface area contributed by atoms with Crippen molar-refractivity contribution in [3.05, 3.63) is 8.38 Å². The van der Waals surface area contributed by atoms with Gasteiger partial charge >= 0.3 is 0 Å². The smallest absolute Gasteiger partial charge is 0.0577 e. The van der Waals surface area contributed by atoms with Crippen LogP contribution in [0.2, 0.25) is 0 Å². The molecule has 0 aromatic carbocycles. The third-order valence-electron chi connectivity index (χ3n) is 0.0825. The summed E-state index contributed by atoms with van der Waals surface area (Å²) < 4.78 is 0.921. The fourth-order valence-corrected chi connectivity index (χ4v) is 0. The summed E-state index contributed by atoms with van der Waals surface area (Å²) in [5, 5.41) is 0. The maximum absolute atomic E-state index is 3.10. The van der Waals surface area contributed by atoms with Gasteiger partial charge in [-0.05, 0) is 31.9 Å². The number of rotatable bonds is 0. The minimum Gasteiger partial charge on any atom is -0.0577 e. The van der Waals surface area contributed by atoms with E-state index in [4.69, 9.17) is 0 Å². The zero-order valence-electron chi connectivity index (χ0n) is 2.21. The average Bonchev–Trinajstić information content (AvgIpc) is 1.38. The van der Waals surface area contributed by atoms with Crippen molar-refractivity contribution in [2.75, 3.05) is 0 Å². The molecule has 0 saturated carbocycles. The van der Waals surface area contributed by atoms with Crippen molar-refractivity contribution in [1.29, 1.82) is 0 Å². The van der Waals surface area contributed by atoms with Crippen LogP contribution in [0.25, 0.3) is 0 Å². The van der Waals surface area contributed by atoms with Gasteiger partial charge in [0.25, 0.3) is 0 Å².